The molecule has 2 aromatic rings. The minimum Gasteiger partial charge on any atom is -0.484 e. The molecule has 0 amide bonds. The van der Waals surface area contributed by atoms with Gasteiger partial charge in [-0.1, -0.05) is 17.7 Å². The third-order valence-corrected chi connectivity index (χ3v) is 2.88. The summed E-state index contributed by atoms with van der Waals surface area (Å²) in [7, 11) is 0. The molecule has 3 nitrogen and oxygen atoms in total. The van der Waals surface area contributed by atoms with Gasteiger partial charge in [0.15, 0.2) is 11.6 Å². The topological polar surface area (TPSA) is 46.5 Å². The van der Waals surface area contributed by atoms with Gasteiger partial charge in [0, 0.05) is 5.56 Å². The van der Waals surface area contributed by atoms with Crippen molar-refractivity contribution < 1.29 is 23.4 Å². The molecule has 0 spiro atoms. The van der Waals surface area contributed by atoms with Crippen LogP contribution >= 0.6 is 11.6 Å². The average Bonchev–Trinajstić information content (AvgIpc) is 2.39. The standard InChI is InChI=1S/C14H9ClF2O3/c15-10-2-1-3-12(17)13(10)20-7-9-6-8(14(18)19)4-5-11(9)16/h1-6H,7H2,(H,18,19). The second-order valence-corrected chi connectivity index (χ2v) is 4.36. The maximum Gasteiger partial charge on any atom is 0.335 e. The van der Waals surface area contributed by atoms with Gasteiger partial charge in [-0.15, -0.1) is 0 Å². The second-order valence-electron chi connectivity index (χ2n) is 3.95. The van der Waals surface area contributed by atoms with E-state index in [1.54, 1.807) is 0 Å². The van der Waals surface area contributed by atoms with Crippen molar-refractivity contribution in [1.82, 2.24) is 0 Å². The lowest BCUT2D eigenvalue weighted by molar-refractivity contribution is 0.0696. The van der Waals surface area contributed by atoms with Gasteiger partial charge < -0.3 is 9.84 Å². The number of aromatic carboxylic acids is 1. The number of carboxylic acid groups (broad SMARTS) is 1. The Kier molecular flexibility index (Phi) is 4.20. The molecule has 0 saturated heterocycles. The van der Waals surface area contributed by atoms with Crippen LogP contribution in [-0.4, -0.2) is 11.1 Å². The van der Waals surface area contributed by atoms with Gasteiger partial charge in [-0.3, -0.25) is 0 Å². The van der Waals surface area contributed by atoms with Crippen LogP contribution in [0.3, 0.4) is 0 Å². The van der Waals surface area contributed by atoms with Crippen molar-refractivity contribution in [2.45, 2.75) is 6.61 Å². The van der Waals surface area contributed by atoms with E-state index in [1.165, 1.54) is 12.1 Å². The number of hydrogen-bond acceptors (Lipinski definition) is 2. The van der Waals surface area contributed by atoms with Crippen molar-refractivity contribution in [3.63, 3.8) is 0 Å². The van der Waals surface area contributed by atoms with Gasteiger partial charge in [0.1, 0.15) is 12.4 Å². The molecule has 0 atom stereocenters. The summed E-state index contributed by atoms with van der Waals surface area (Å²) in [5, 5.41) is 8.88. The molecule has 6 heteroatoms. The summed E-state index contributed by atoms with van der Waals surface area (Å²) in [6.45, 7) is -0.326. The molecule has 0 aromatic heterocycles. The van der Waals surface area contributed by atoms with Crippen molar-refractivity contribution in [2.75, 3.05) is 0 Å². The molecule has 20 heavy (non-hydrogen) atoms. The fourth-order valence-electron chi connectivity index (χ4n) is 1.59. The molecule has 1 N–H and O–H groups in total. The van der Waals surface area contributed by atoms with Crippen LogP contribution in [0.5, 0.6) is 5.75 Å². The highest BCUT2D eigenvalue weighted by atomic mass is 35.5. The van der Waals surface area contributed by atoms with Gasteiger partial charge in [-0.25, -0.2) is 13.6 Å². The lowest BCUT2D eigenvalue weighted by atomic mass is 10.1. The second kappa shape index (κ2) is 5.88. The molecule has 0 radical (unpaired) electrons. The Morgan fingerprint density at radius 3 is 2.60 bits per heavy atom. The molecule has 0 aliphatic rings. The summed E-state index contributed by atoms with van der Waals surface area (Å²) < 4.78 is 32.1. The Morgan fingerprint density at radius 2 is 1.95 bits per heavy atom. The van der Waals surface area contributed by atoms with Crippen LogP contribution < -0.4 is 4.74 Å². The third-order valence-electron chi connectivity index (χ3n) is 2.58. The van der Waals surface area contributed by atoms with Gasteiger partial charge in [-0.2, -0.15) is 0 Å². The van der Waals surface area contributed by atoms with E-state index >= 15 is 0 Å². The molecule has 2 aromatic carbocycles. The molecule has 0 bridgehead atoms. The van der Waals surface area contributed by atoms with Gasteiger partial charge >= 0.3 is 5.97 Å². The first-order valence-corrected chi connectivity index (χ1v) is 5.95. The first-order chi connectivity index (χ1) is 9.49. The number of hydrogen-bond donors (Lipinski definition) is 1. The highest BCUT2D eigenvalue weighted by molar-refractivity contribution is 6.32. The number of carboxylic acids is 1. The van der Waals surface area contributed by atoms with Crippen molar-refractivity contribution >= 4 is 17.6 Å². The quantitative estimate of drug-likeness (QED) is 0.931. The zero-order valence-corrected chi connectivity index (χ0v) is 10.8. The highest BCUT2D eigenvalue weighted by Crippen LogP contribution is 2.28. The van der Waals surface area contributed by atoms with E-state index in [9.17, 15) is 13.6 Å². The van der Waals surface area contributed by atoms with Crippen molar-refractivity contribution in [1.29, 1.82) is 0 Å². The summed E-state index contributed by atoms with van der Waals surface area (Å²) >= 11 is 5.76. The number of halogens is 3. The Hall–Kier alpha value is -2.14. The predicted octanol–water partition coefficient (Wildman–Crippen LogP) is 3.90. The van der Waals surface area contributed by atoms with E-state index in [1.807, 2.05) is 0 Å². The van der Waals surface area contributed by atoms with Crippen LogP contribution in [-0.2, 0) is 6.61 Å². The number of benzene rings is 2. The Bertz CT molecular complexity index is 639. The van der Waals surface area contributed by atoms with Gasteiger partial charge in [0.2, 0.25) is 0 Å². The van der Waals surface area contributed by atoms with Crippen molar-refractivity contribution in [3.05, 3.63) is 64.2 Å². The van der Waals surface area contributed by atoms with Crippen LogP contribution in [0.2, 0.25) is 5.02 Å². The minimum absolute atomic E-state index is 0.00391. The maximum absolute atomic E-state index is 13.5. The molecule has 0 fully saturated rings. The average molecular weight is 299 g/mol. The number of ether oxygens (including phenoxy) is 1. The molecule has 0 saturated carbocycles. The van der Waals surface area contributed by atoms with Crippen LogP contribution in [0.25, 0.3) is 0 Å². The Balaban J connectivity index is 2.23. The van der Waals surface area contributed by atoms with Gasteiger partial charge in [-0.05, 0) is 30.3 Å². The zero-order valence-electron chi connectivity index (χ0n) is 10.1. The summed E-state index contributed by atoms with van der Waals surface area (Å²) in [5.41, 5.74) is -0.0751. The molecule has 0 aliphatic heterocycles. The van der Waals surface area contributed by atoms with Crippen LogP contribution in [0, 0.1) is 11.6 Å². The lowest BCUT2D eigenvalue weighted by Gasteiger charge is -2.10. The van der Waals surface area contributed by atoms with Crippen LogP contribution in [0.1, 0.15) is 15.9 Å². The Labute approximate surface area is 118 Å². The predicted molar refractivity (Wildman–Crippen MR) is 69.1 cm³/mol. The lowest BCUT2D eigenvalue weighted by Crippen LogP contribution is -2.04. The molecular weight excluding hydrogens is 290 g/mol. The van der Waals surface area contributed by atoms with Gasteiger partial charge in [0.25, 0.3) is 0 Å². The van der Waals surface area contributed by atoms with Crippen LogP contribution in [0.15, 0.2) is 36.4 Å². The number of carbonyl (C=O) groups is 1. The SMILES string of the molecule is O=C(O)c1ccc(F)c(COc2c(F)cccc2Cl)c1. The maximum atomic E-state index is 13.5. The van der Waals surface area contributed by atoms with E-state index in [0.717, 1.165) is 24.3 Å². The van der Waals surface area contributed by atoms with Gasteiger partial charge in [0.05, 0.1) is 10.6 Å². The monoisotopic (exact) mass is 298 g/mol. The highest BCUT2D eigenvalue weighted by Gasteiger charge is 2.12. The summed E-state index contributed by atoms with van der Waals surface area (Å²) in [6, 6.07) is 7.29. The fourth-order valence-corrected chi connectivity index (χ4v) is 1.81. The minimum atomic E-state index is -1.19. The normalized spacial score (nSPS) is 10.3. The van der Waals surface area contributed by atoms with Crippen LogP contribution in [0.4, 0.5) is 8.78 Å². The molecule has 2 rings (SSSR count). The molecule has 0 aliphatic carbocycles. The first kappa shape index (κ1) is 14.3. The third kappa shape index (κ3) is 3.05. The van der Waals surface area contributed by atoms with E-state index < -0.39 is 17.6 Å². The smallest absolute Gasteiger partial charge is 0.335 e. The summed E-state index contributed by atoms with van der Waals surface area (Å²) in [4.78, 5) is 10.8. The summed E-state index contributed by atoms with van der Waals surface area (Å²) in [6.07, 6.45) is 0. The molecule has 0 unspecified atom stereocenters. The number of para-hydroxylation sites is 1. The zero-order chi connectivity index (χ0) is 14.7. The molecular formula is C14H9ClF2O3. The van der Waals surface area contributed by atoms with Crippen molar-refractivity contribution in [2.24, 2.45) is 0 Å². The van der Waals surface area contributed by atoms with Crippen molar-refractivity contribution in [3.8, 4) is 5.75 Å². The van der Waals surface area contributed by atoms with E-state index in [0.29, 0.717) is 0 Å². The molecule has 0 heterocycles. The molecule has 104 valence electrons. The number of rotatable bonds is 4. The van der Waals surface area contributed by atoms with E-state index in [4.69, 9.17) is 21.4 Å². The van der Waals surface area contributed by atoms with E-state index in [2.05, 4.69) is 0 Å². The first-order valence-electron chi connectivity index (χ1n) is 5.57. The Morgan fingerprint density at radius 1 is 1.20 bits per heavy atom. The fraction of sp³-hybridized carbons (Fsp3) is 0.0714. The summed E-state index contributed by atoms with van der Waals surface area (Å²) in [5.74, 6) is -2.70. The van der Waals surface area contributed by atoms with E-state index in [-0.39, 0.29) is 28.5 Å². The largest absolute Gasteiger partial charge is 0.484 e.